The van der Waals surface area contributed by atoms with Crippen molar-refractivity contribution < 1.29 is 0 Å². The minimum atomic E-state index is 0.482. The van der Waals surface area contributed by atoms with Gasteiger partial charge in [0.25, 0.3) is 0 Å². The molecule has 1 N–H and O–H groups in total. The number of hydrogen-bond donors (Lipinski definition) is 1. The Morgan fingerprint density at radius 1 is 1.06 bits per heavy atom. The van der Waals surface area contributed by atoms with Crippen molar-refractivity contribution in [3.05, 3.63) is 76.7 Å². The largest absolute Gasteiger partial charge is 0.382 e. The van der Waals surface area contributed by atoms with E-state index in [0.717, 1.165) is 47.3 Å². The van der Waals surface area contributed by atoms with Crippen LogP contribution in [0.4, 0.5) is 11.5 Å². The van der Waals surface area contributed by atoms with E-state index in [0.29, 0.717) is 12.6 Å². The highest BCUT2D eigenvalue weighted by Crippen LogP contribution is 2.27. The molecule has 0 spiro atoms. The fourth-order valence-corrected chi connectivity index (χ4v) is 4.48. The van der Waals surface area contributed by atoms with Crippen LogP contribution in [0.3, 0.4) is 0 Å². The Morgan fingerprint density at radius 2 is 1.87 bits per heavy atom. The molecule has 0 amide bonds. The summed E-state index contributed by atoms with van der Waals surface area (Å²) >= 11 is 3.49. The van der Waals surface area contributed by atoms with Crippen LogP contribution in [0.1, 0.15) is 24.0 Å². The van der Waals surface area contributed by atoms with Crippen LogP contribution < -0.4 is 10.2 Å². The van der Waals surface area contributed by atoms with Crippen LogP contribution in [-0.4, -0.2) is 38.9 Å². The topological polar surface area (TPSA) is 58.9 Å². The molecule has 1 aliphatic heterocycles. The van der Waals surface area contributed by atoms with Gasteiger partial charge in [0.1, 0.15) is 12.1 Å². The molecule has 0 saturated carbocycles. The molecule has 2 aromatic heterocycles. The third-order valence-corrected chi connectivity index (χ3v) is 6.37. The first-order valence-electron chi connectivity index (χ1n) is 10.6. The average molecular weight is 477 g/mol. The van der Waals surface area contributed by atoms with Crippen molar-refractivity contribution >= 4 is 38.5 Å². The molecule has 0 atom stereocenters. The van der Waals surface area contributed by atoms with Gasteiger partial charge in [0.05, 0.1) is 18.1 Å². The van der Waals surface area contributed by atoms with E-state index in [1.165, 1.54) is 16.8 Å². The first-order valence-corrected chi connectivity index (χ1v) is 11.4. The van der Waals surface area contributed by atoms with Gasteiger partial charge < -0.3 is 10.2 Å². The van der Waals surface area contributed by atoms with Gasteiger partial charge in [-0.1, -0.05) is 40.2 Å². The summed E-state index contributed by atoms with van der Waals surface area (Å²) in [6.45, 7) is 4.75. The second-order valence-electron chi connectivity index (χ2n) is 8.14. The second-order valence-corrected chi connectivity index (χ2v) is 9.05. The molecule has 2 aromatic carbocycles. The predicted octanol–water partition coefficient (Wildman–Crippen LogP) is 5.03. The van der Waals surface area contributed by atoms with Crippen molar-refractivity contribution in [2.75, 3.05) is 23.3 Å². The Labute approximate surface area is 190 Å². The first-order chi connectivity index (χ1) is 15.2. The zero-order valence-corrected chi connectivity index (χ0v) is 19.1. The lowest BCUT2D eigenvalue weighted by molar-refractivity contribution is 0.524. The van der Waals surface area contributed by atoms with E-state index in [4.69, 9.17) is 0 Å². The van der Waals surface area contributed by atoms with Gasteiger partial charge in [-0.05, 0) is 55.2 Å². The summed E-state index contributed by atoms with van der Waals surface area (Å²) in [5.74, 6) is 0.987. The quantitative estimate of drug-likeness (QED) is 0.437. The molecule has 0 radical (unpaired) electrons. The molecular weight excluding hydrogens is 452 g/mol. The van der Waals surface area contributed by atoms with E-state index in [1.807, 2.05) is 10.9 Å². The minimum absolute atomic E-state index is 0.482. The van der Waals surface area contributed by atoms with Gasteiger partial charge in [-0.2, -0.15) is 5.10 Å². The van der Waals surface area contributed by atoms with Gasteiger partial charge in [0.15, 0.2) is 5.65 Å². The molecular formula is C24H25BrN6. The Bertz CT molecular complexity index is 1180. The third-order valence-electron chi connectivity index (χ3n) is 5.84. The number of anilines is 2. The standard InChI is InChI=1S/C24H25BrN6/c1-17-3-2-4-21(13-17)29-20-9-11-30(12-10-20)23-22-14-28-31(24(22)27-16-26-23)15-18-5-7-19(25)8-6-18/h2-8,13-14,16,20,29H,9-12,15H2,1H3. The van der Waals surface area contributed by atoms with Gasteiger partial charge in [-0.15, -0.1) is 0 Å². The van der Waals surface area contributed by atoms with Crippen molar-refractivity contribution in [2.45, 2.75) is 32.4 Å². The highest BCUT2D eigenvalue weighted by Gasteiger charge is 2.22. The number of rotatable bonds is 5. The lowest BCUT2D eigenvalue weighted by atomic mass is 10.0. The highest BCUT2D eigenvalue weighted by atomic mass is 79.9. The molecule has 0 unspecified atom stereocenters. The van der Waals surface area contributed by atoms with Crippen molar-refractivity contribution in [3.8, 4) is 0 Å². The van der Waals surface area contributed by atoms with Gasteiger partial charge in [0.2, 0.25) is 0 Å². The SMILES string of the molecule is Cc1cccc(NC2CCN(c3ncnc4c3cnn4Cc3ccc(Br)cc3)CC2)c1. The maximum Gasteiger partial charge on any atom is 0.163 e. The molecule has 6 nitrogen and oxygen atoms in total. The van der Waals surface area contributed by atoms with E-state index in [1.54, 1.807) is 6.33 Å². The van der Waals surface area contributed by atoms with Crippen LogP contribution in [0.25, 0.3) is 11.0 Å². The van der Waals surface area contributed by atoms with Crippen LogP contribution in [0.15, 0.2) is 65.5 Å². The third kappa shape index (κ3) is 4.42. The smallest absolute Gasteiger partial charge is 0.163 e. The number of halogens is 1. The molecule has 1 saturated heterocycles. The maximum atomic E-state index is 4.62. The summed E-state index contributed by atoms with van der Waals surface area (Å²) in [7, 11) is 0. The van der Waals surface area contributed by atoms with E-state index in [-0.39, 0.29) is 0 Å². The number of aryl methyl sites for hydroxylation is 1. The summed E-state index contributed by atoms with van der Waals surface area (Å²) in [4.78, 5) is 11.5. The zero-order valence-electron chi connectivity index (χ0n) is 17.5. The number of aromatic nitrogens is 4. The van der Waals surface area contributed by atoms with Crippen LogP contribution in [0.2, 0.25) is 0 Å². The summed E-state index contributed by atoms with van der Waals surface area (Å²) in [6, 6.07) is 17.4. The van der Waals surface area contributed by atoms with Gasteiger partial charge >= 0.3 is 0 Å². The fraction of sp³-hybridized carbons (Fsp3) is 0.292. The molecule has 0 aliphatic carbocycles. The van der Waals surface area contributed by atoms with E-state index in [9.17, 15) is 0 Å². The lowest BCUT2D eigenvalue weighted by Gasteiger charge is -2.33. The Balaban J connectivity index is 1.29. The molecule has 1 fully saturated rings. The van der Waals surface area contributed by atoms with Crippen molar-refractivity contribution in [3.63, 3.8) is 0 Å². The summed E-state index contributed by atoms with van der Waals surface area (Å²) in [6.07, 6.45) is 5.72. The van der Waals surface area contributed by atoms with Crippen molar-refractivity contribution in [1.29, 1.82) is 0 Å². The van der Waals surface area contributed by atoms with Crippen molar-refractivity contribution in [2.24, 2.45) is 0 Å². The van der Waals surface area contributed by atoms with Crippen LogP contribution in [-0.2, 0) is 6.54 Å². The fourth-order valence-electron chi connectivity index (χ4n) is 4.22. The minimum Gasteiger partial charge on any atom is -0.382 e. The predicted molar refractivity (Wildman–Crippen MR) is 129 cm³/mol. The van der Waals surface area contributed by atoms with E-state index in [2.05, 4.69) is 96.7 Å². The number of piperidine rings is 1. The van der Waals surface area contributed by atoms with Crippen LogP contribution in [0, 0.1) is 6.92 Å². The maximum absolute atomic E-state index is 4.62. The number of nitrogens with zero attached hydrogens (tertiary/aromatic N) is 5. The number of hydrogen-bond acceptors (Lipinski definition) is 5. The summed E-state index contributed by atoms with van der Waals surface area (Å²) in [5, 5.41) is 9.32. The highest BCUT2D eigenvalue weighted by molar-refractivity contribution is 9.10. The van der Waals surface area contributed by atoms with E-state index < -0.39 is 0 Å². The molecule has 5 rings (SSSR count). The Kier molecular flexibility index (Phi) is 5.59. The number of benzene rings is 2. The van der Waals surface area contributed by atoms with Gasteiger partial charge in [-0.25, -0.2) is 14.6 Å². The first kappa shape index (κ1) is 20.0. The molecule has 3 heterocycles. The lowest BCUT2D eigenvalue weighted by Crippen LogP contribution is -2.39. The Morgan fingerprint density at radius 3 is 2.65 bits per heavy atom. The van der Waals surface area contributed by atoms with E-state index >= 15 is 0 Å². The van der Waals surface area contributed by atoms with Crippen LogP contribution in [0.5, 0.6) is 0 Å². The number of nitrogens with one attached hydrogen (secondary N) is 1. The normalized spacial score (nSPS) is 14.8. The second kappa shape index (κ2) is 8.67. The number of fused-ring (bicyclic) bond motifs is 1. The molecule has 1 aliphatic rings. The molecule has 4 aromatic rings. The molecule has 7 heteroatoms. The molecule has 158 valence electrons. The average Bonchev–Trinajstić information content (AvgIpc) is 3.19. The summed E-state index contributed by atoms with van der Waals surface area (Å²) in [5.41, 5.74) is 4.56. The monoisotopic (exact) mass is 476 g/mol. The zero-order chi connectivity index (χ0) is 21.2. The van der Waals surface area contributed by atoms with Gasteiger partial charge in [0, 0.05) is 29.3 Å². The molecule has 31 heavy (non-hydrogen) atoms. The van der Waals surface area contributed by atoms with Crippen LogP contribution >= 0.6 is 15.9 Å². The van der Waals surface area contributed by atoms with Crippen molar-refractivity contribution in [1.82, 2.24) is 19.7 Å². The molecule has 0 bridgehead atoms. The Hall–Kier alpha value is -2.93. The summed E-state index contributed by atoms with van der Waals surface area (Å²) < 4.78 is 3.03. The van der Waals surface area contributed by atoms with Gasteiger partial charge in [-0.3, -0.25) is 0 Å².